The fourth-order valence-electron chi connectivity index (χ4n) is 1.73. The third kappa shape index (κ3) is 1.55. The summed E-state index contributed by atoms with van der Waals surface area (Å²) < 4.78 is 66.3. The summed E-state index contributed by atoms with van der Waals surface area (Å²) in [5.41, 5.74) is 2.36. The highest BCUT2D eigenvalue weighted by Gasteiger charge is 2.29. The zero-order valence-corrected chi connectivity index (χ0v) is 9.47. The number of benzene rings is 1. The van der Waals surface area contributed by atoms with Gasteiger partial charge in [0.2, 0.25) is 5.82 Å². The summed E-state index contributed by atoms with van der Waals surface area (Å²) in [6, 6.07) is 0. The summed E-state index contributed by atoms with van der Waals surface area (Å²) in [4.78, 5) is 0. The summed E-state index contributed by atoms with van der Waals surface area (Å²) in [5, 5.41) is 19.7. The first-order valence-electron chi connectivity index (χ1n) is 4.98. The molecule has 0 aliphatic carbocycles. The van der Waals surface area contributed by atoms with Gasteiger partial charge >= 0.3 is 0 Å². The van der Waals surface area contributed by atoms with Gasteiger partial charge in [-0.15, -0.1) is 0 Å². The molecule has 9 heteroatoms. The predicted molar refractivity (Wildman–Crippen MR) is 56.0 cm³/mol. The Bertz CT molecular complexity index is 851. The van der Waals surface area contributed by atoms with Gasteiger partial charge in [0.1, 0.15) is 10.7 Å². The molecule has 0 spiro atoms. The Kier molecular flexibility index (Phi) is 2.92. The third-order valence-electron chi connectivity index (χ3n) is 2.75. The number of nitrogens with two attached hydrogens (primary N) is 1. The van der Waals surface area contributed by atoms with Crippen LogP contribution in [0, 0.1) is 45.3 Å². The standard InChI is InChI=1S/C11H5F5N4/c12-3-1(4(13)6(15)7(16)5(3)14)2-8(17)10(19)11(20)9(2)18/h17,19-20H,18H2. The van der Waals surface area contributed by atoms with Crippen molar-refractivity contribution in [2.24, 2.45) is 0 Å². The van der Waals surface area contributed by atoms with E-state index in [2.05, 4.69) is 0 Å². The second kappa shape index (κ2) is 4.22. The summed E-state index contributed by atoms with van der Waals surface area (Å²) in [6.07, 6.45) is 0. The molecule has 0 aliphatic rings. The molecule has 0 saturated heterocycles. The van der Waals surface area contributed by atoms with Gasteiger partial charge in [-0.1, -0.05) is 0 Å². The summed E-state index contributed by atoms with van der Waals surface area (Å²) in [7, 11) is 0. The van der Waals surface area contributed by atoms with Gasteiger partial charge < -0.3 is 5.73 Å². The molecule has 0 amide bonds. The van der Waals surface area contributed by atoms with Gasteiger partial charge in [0.05, 0.1) is 16.6 Å². The molecular weight excluding hydrogens is 283 g/mol. The van der Waals surface area contributed by atoms with Crippen LogP contribution in [0.25, 0.3) is 11.1 Å². The minimum atomic E-state index is -2.34. The van der Waals surface area contributed by atoms with Gasteiger partial charge in [-0.3, -0.25) is 16.2 Å². The summed E-state index contributed by atoms with van der Waals surface area (Å²) in [6.45, 7) is 0. The Balaban J connectivity index is 3.07. The minimum absolute atomic E-state index is 0.691. The van der Waals surface area contributed by atoms with Crippen LogP contribution < -0.4 is 21.8 Å². The fraction of sp³-hybridized carbons (Fsp3) is 0. The summed E-state index contributed by atoms with van der Waals surface area (Å²) >= 11 is 0. The van der Waals surface area contributed by atoms with Gasteiger partial charge in [-0.25, -0.2) is 22.0 Å². The van der Waals surface area contributed by atoms with Crippen molar-refractivity contribution in [3.05, 3.63) is 45.2 Å². The Morgan fingerprint density at radius 1 is 0.550 bits per heavy atom. The quantitative estimate of drug-likeness (QED) is 0.351. The van der Waals surface area contributed by atoms with Crippen molar-refractivity contribution in [3.63, 3.8) is 0 Å². The Morgan fingerprint density at radius 3 is 1.30 bits per heavy atom. The molecule has 0 bridgehead atoms. The van der Waals surface area contributed by atoms with Crippen LogP contribution in [0.15, 0.2) is 0 Å². The lowest BCUT2D eigenvalue weighted by Crippen LogP contribution is -2.31. The smallest absolute Gasteiger partial charge is 0.200 e. The van der Waals surface area contributed by atoms with Gasteiger partial charge in [0.15, 0.2) is 23.3 Å². The molecule has 20 heavy (non-hydrogen) atoms. The Hall–Kier alpha value is -2.58. The van der Waals surface area contributed by atoms with E-state index < -0.39 is 62.0 Å². The first-order chi connectivity index (χ1) is 9.20. The maximum Gasteiger partial charge on any atom is 0.200 e. The fourth-order valence-corrected chi connectivity index (χ4v) is 1.73. The van der Waals surface area contributed by atoms with Gasteiger partial charge in [0, 0.05) is 5.56 Å². The van der Waals surface area contributed by atoms with Crippen LogP contribution in [0.2, 0.25) is 0 Å². The van der Waals surface area contributed by atoms with E-state index in [0.717, 1.165) is 0 Å². The van der Waals surface area contributed by atoms with E-state index in [1.807, 2.05) is 0 Å². The summed E-state index contributed by atoms with van der Waals surface area (Å²) in [5.74, 6) is -11.0. The molecule has 0 atom stereocenters. The molecule has 2 aromatic carbocycles. The highest BCUT2D eigenvalue weighted by molar-refractivity contribution is 5.77. The molecule has 0 heterocycles. The largest absolute Gasteiger partial charge is 0.396 e. The highest BCUT2D eigenvalue weighted by atomic mass is 19.2. The SMILES string of the molecule is N=c1c(N)c(-c2c(F)c(F)c(F)c(F)c2F)c(=N)c1=N. The molecule has 104 valence electrons. The van der Waals surface area contributed by atoms with Crippen LogP contribution in [-0.2, 0) is 0 Å². The molecule has 0 fully saturated rings. The lowest BCUT2D eigenvalue weighted by molar-refractivity contribution is 0.381. The normalized spacial score (nSPS) is 11.1. The zero-order chi connectivity index (χ0) is 15.4. The van der Waals surface area contributed by atoms with E-state index in [0.29, 0.717) is 0 Å². The van der Waals surface area contributed by atoms with Gasteiger partial charge in [0.25, 0.3) is 0 Å². The molecule has 0 aliphatic heterocycles. The van der Waals surface area contributed by atoms with Crippen LogP contribution >= 0.6 is 0 Å². The van der Waals surface area contributed by atoms with Crippen molar-refractivity contribution < 1.29 is 22.0 Å². The Labute approximate surface area is 107 Å². The van der Waals surface area contributed by atoms with Crippen molar-refractivity contribution in [1.82, 2.24) is 0 Å². The highest BCUT2D eigenvalue weighted by Crippen LogP contribution is 2.31. The second-order valence-corrected chi connectivity index (χ2v) is 3.86. The number of nitrogen functional groups attached to an aromatic ring is 1. The Morgan fingerprint density at radius 2 is 0.950 bits per heavy atom. The molecule has 0 saturated carbocycles. The van der Waals surface area contributed by atoms with E-state index in [1.54, 1.807) is 0 Å². The zero-order valence-electron chi connectivity index (χ0n) is 9.47. The van der Waals surface area contributed by atoms with Crippen LogP contribution in [0.3, 0.4) is 0 Å². The van der Waals surface area contributed by atoms with Crippen LogP contribution in [0.4, 0.5) is 27.6 Å². The maximum absolute atomic E-state index is 13.6. The number of nitrogens with one attached hydrogen (secondary N) is 3. The number of hydrogen-bond donors (Lipinski definition) is 4. The van der Waals surface area contributed by atoms with Gasteiger partial charge in [-0.05, 0) is 0 Å². The number of hydrogen-bond acceptors (Lipinski definition) is 4. The molecule has 0 unspecified atom stereocenters. The minimum Gasteiger partial charge on any atom is -0.396 e. The van der Waals surface area contributed by atoms with Crippen molar-refractivity contribution in [2.45, 2.75) is 0 Å². The van der Waals surface area contributed by atoms with E-state index in [-0.39, 0.29) is 0 Å². The molecular formula is C11H5F5N4. The number of anilines is 1. The average molecular weight is 288 g/mol. The second-order valence-electron chi connectivity index (χ2n) is 3.86. The number of halogens is 5. The molecule has 0 aromatic heterocycles. The molecule has 2 aromatic rings. The third-order valence-corrected chi connectivity index (χ3v) is 2.75. The molecule has 2 rings (SSSR count). The van der Waals surface area contributed by atoms with Crippen LogP contribution in [-0.4, -0.2) is 0 Å². The first-order valence-corrected chi connectivity index (χ1v) is 4.98. The lowest BCUT2D eigenvalue weighted by Gasteiger charge is -2.07. The number of rotatable bonds is 1. The topological polar surface area (TPSA) is 97.6 Å². The van der Waals surface area contributed by atoms with Crippen molar-refractivity contribution >= 4 is 5.69 Å². The molecule has 5 N–H and O–H groups in total. The van der Waals surface area contributed by atoms with Gasteiger partial charge in [-0.2, -0.15) is 0 Å². The van der Waals surface area contributed by atoms with E-state index >= 15 is 0 Å². The van der Waals surface area contributed by atoms with Crippen molar-refractivity contribution in [1.29, 1.82) is 16.2 Å². The van der Waals surface area contributed by atoms with Crippen molar-refractivity contribution in [3.8, 4) is 11.1 Å². The van der Waals surface area contributed by atoms with Crippen molar-refractivity contribution in [2.75, 3.05) is 5.73 Å². The average Bonchev–Trinajstić information content (AvgIpc) is 2.61. The lowest BCUT2D eigenvalue weighted by atomic mass is 10.0. The molecule has 0 radical (unpaired) electrons. The predicted octanol–water partition coefficient (Wildman–Crippen LogP) is 0.945. The van der Waals surface area contributed by atoms with E-state index in [9.17, 15) is 22.0 Å². The van der Waals surface area contributed by atoms with Crippen LogP contribution in [0.1, 0.15) is 0 Å². The van der Waals surface area contributed by atoms with E-state index in [4.69, 9.17) is 22.0 Å². The van der Waals surface area contributed by atoms with E-state index in [1.165, 1.54) is 0 Å². The maximum atomic E-state index is 13.6. The monoisotopic (exact) mass is 288 g/mol. The first kappa shape index (κ1) is 13.8. The van der Waals surface area contributed by atoms with Crippen LogP contribution in [0.5, 0.6) is 0 Å². The molecule has 4 nitrogen and oxygen atoms in total.